The van der Waals surface area contributed by atoms with Gasteiger partial charge < -0.3 is 20.1 Å². The zero-order valence-corrected chi connectivity index (χ0v) is 10.5. The van der Waals surface area contributed by atoms with E-state index in [-0.39, 0.29) is 24.8 Å². The Morgan fingerprint density at radius 2 is 1.89 bits per heavy atom. The molecule has 1 rings (SSSR count). The molecule has 2 atom stereocenters. The molecule has 0 aromatic rings. The number of carboxylic acids is 1. The third-order valence-electron chi connectivity index (χ3n) is 2.72. The SMILES string of the molecule is CN(C)C(=O)CCNC(=O)[C@@H]1CC[C@H](C(=O)O)O1. The molecule has 2 N–H and O–H groups in total. The predicted octanol–water partition coefficient (Wildman–Crippen LogP) is -0.787. The Kier molecular flexibility index (Phi) is 5.08. The monoisotopic (exact) mass is 258 g/mol. The van der Waals surface area contributed by atoms with E-state index >= 15 is 0 Å². The minimum Gasteiger partial charge on any atom is -0.479 e. The van der Waals surface area contributed by atoms with Crippen LogP contribution in [0.3, 0.4) is 0 Å². The van der Waals surface area contributed by atoms with Gasteiger partial charge in [0, 0.05) is 27.1 Å². The fraction of sp³-hybridized carbons (Fsp3) is 0.727. The molecule has 0 aromatic heterocycles. The van der Waals surface area contributed by atoms with Crippen LogP contribution in [0.15, 0.2) is 0 Å². The Balaban J connectivity index is 2.26. The Morgan fingerprint density at radius 3 is 2.39 bits per heavy atom. The van der Waals surface area contributed by atoms with Crippen LogP contribution < -0.4 is 5.32 Å². The Morgan fingerprint density at radius 1 is 1.28 bits per heavy atom. The van der Waals surface area contributed by atoms with E-state index in [0.717, 1.165) is 0 Å². The quantitative estimate of drug-likeness (QED) is 0.674. The van der Waals surface area contributed by atoms with Gasteiger partial charge in [0.1, 0.15) is 6.10 Å². The third kappa shape index (κ3) is 3.99. The first-order valence-corrected chi connectivity index (χ1v) is 5.78. The maximum absolute atomic E-state index is 11.6. The predicted molar refractivity (Wildman–Crippen MR) is 61.9 cm³/mol. The number of amides is 2. The summed E-state index contributed by atoms with van der Waals surface area (Å²) in [6.45, 7) is 0.230. The molecular weight excluding hydrogens is 240 g/mol. The van der Waals surface area contributed by atoms with Gasteiger partial charge in [-0.1, -0.05) is 0 Å². The van der Waals surface area contributed by atoms with Crippen LogP contribution in [0.5, 0.6) is 0 Å². The zero-order valence-electron chi connectivity index (χ0n) is 10.5. The molecule has 1 fully saturated rings. The molecule has 2 amide bonds. The number of carbonyl (C=O) groups excluding carboxylic acids is 2. The number of hydrogen-bond acceptors (Lipinski definition) is 4. The van der Waals surface area contributed by atoms with Gasteiger partial charge >= 0.3 is 5.97 Å². The minimum atomic E-state index is -1.05. The second-order valence-corrected chi connectivity index (χ2v) is 4.36. The average molecular weight is 258 g/mol. The summed E-state index contributed by atoms with van der Waals surface area (Å²) in [4.78, 5) is 34.9. The third-order valence-corrected chi connectivity index (χ3v) is 2.72. The number of carboxylic acid groups (broad SMARTS) is 1. The number of nitrogens with one attached hydrogen (secondary N) is 1. The molecule has 1 aliphatic heterocycles. The number of carbonyl (C=O) groups is 3. The Labute approximate surface area is 105 Å². The van der Waals surface area contributed by atoms with E-state index in [1.54, 1.807) is 14.1 Å². The van der Waals surface area contributed by atoms with Crippen molar-refractivity contribution in [3.8, 4) is 0 Å². The lowest BCUT2D eigenvalue weighted by molar-refractivity contribution is -0.151. The van der Waals surface area contributed by atoms with Crippen LogP contribution in [-0.2, 0) is 19.1 Å². The molecule has 0 radical (unpaired) electrons. The highest BCUT2D eigenvalue weighted by atomic mass is 16.5. The van der Waals surface area contributed by atoms with Gasteiger partial charge in [0.05, 0.1) is 0 Å². The molecule has 0 aliphatic carbocycles. The van der Waals surface area contributed by atoms with E-state index in [1.807, 2.05) is 0 Å². The molecule has 0 unspecified atom stereocenters. The summed E-state index contributed by atoms with van der Waals surface area (Å²) in [5, 5.41) is 11.3. The van der Waals surface area contributed by atoms with E-state index in [0.29, 0.717) is 12.8 Å². The topological polar surface area (TPSA) is 95.9 Å². The van der Waals surface area contributed by atoms with Crippen LogP contribution in [0.25, 0.3) is 0 Å². The smallest absolute Gasteiger partial charge is 0.332 e. The summed E-state index contributed by atoms with van der Waals surface area (Å²) >= 11 is 0. The van der Waals surface area contributed by atoms with Crippen molar-refractivity contribution in [2.45, 2.75) is 31.5 Å². The van der Waals surface area contributed by atoms with Crippen molar-refractivity contribution in [1.82, 2.24) is 10.2 Å². The molecule has 0 saturated carbocycles. The molecule has 1 heterocycles. The second-order valence-electron chi connectivity index (χ2n) is 4.36. The maximum atomic E-state index is 11.6. The summed E-state index contributed by atoms with van der Waals surface area (Å²) in [5.74, 6) is -1.48. The molecule has 0 bridgehead atoms. The lowest BCUT2D eigenvalue weighted by Gasteiger charge is -2.13. The van der Waals surface area contributed by atoms with Crippen molar-refractivity contribution in [3.63, 3.8) is 0 Å². The molecule has 102 valence electrons. The summed E-state index contributed by atoms with van der Waals surface area (Å²) in [6.07, 6.45) is -0.674. The number of ether oxygens (including phenoxy) is 1. The van der Waals surface area contributed by atoms with E-state index in [2.05, 4.69) is 5.32 Å². The molecule has 1 aliphatic rings. The van der Waals surface area contributed by atoms with Crippen molar-refractivity contribution in [2.24, 2.45) is 0 Å². The highest BCUT2D eigenvalue weighted by Gasteiger charge is 2.34. The molecule has 1 saturated heterocycles. The number of hydrogen-bond donors (Lipinski definition) is 2. The first-order valence-electron chi connectivity index (χ1n) is 5.78. The maximum Gasteiger partial charge on any atom is 0.332 e. The van der Waals surface area contributed by atoms with Crippen molar-refractivity contribution in [2.75, 3.05) is 20.6 Å². The first kappa shape index (κ1) is 14.4. The van der Waals surface area contributed by atoms with Gasteiger partial charge in [-0.3, -0.25) is 9.59 Å². The summed E-state index contributed by atoms with van der Waals surface area (Å²) < 4.78 is 5.08. The summed E-state index contributed by atoms with van der Waals surface area (Å²) in [7, 11) is 3.28. The Bertz CT molecular complexity index is 342. The number of nitrogens with zero attached hydrogens (tertiary/aromatic N) is 1. The van der Waals surface area contributed by atoms with Gasteiger partial charge in [-0.05, 0) is 12.8 Å². The zero-order chi connectivity index (χ0) is 13.7. The first-order chi connectivity index (χ1) is 8.41. The van der Waals surface area contributed by atoms with Crippen molar-refractivity contribution >= 4 is 17.8 Å². The molecular formula is C11H18N2O5. The van der Waals surface area contributed by atoms with Gasteiger partial charge in [0.25, 0.3) is 0 Å². The summed E-state index contributed by atoms with van der Waals surface area (Å²) in [5.41, 5.74) is 0. The van der Waals surface area contributed by atoms with Crippen LogP contribution >= 0.6 is 0 Å². The van der Waals surface area contributed by atoms with Crippen LogP contribution in [0.4, 0.5) is 0 Å². The highest BCUT2D eigenvalue weighted by molar-refractivity contribution is 5.83. The van der Waals surface area contributed by atoms with E-state index in [1.165, 1.54) is 4.90 Å². The molecule has 0 spiro atoms. The molecule has 18 heavy (non-hydrogen) atoms. The molecule has 7 nitrogen and oxygen atoms in total. The highest BCUT2D eigenvalue weighted by Crippen LogP contribution is 2.19. The fourth-order valence-corrected chi connectivity index (χ4v) is 1.64. The standard InChI is InChI=1S/C11H18N2O5/c1-13(2)9(14)5-6-12-10(15)7-3-4-8(18-7)11(16)17/h7-8H,3-6H2,1-2H3,(H,12,15)(H,16,17)/t7-,8+/m0/s1. The van der Waals surface area contributed by atoms with Crippen molar-refractivity contribution in [3.05, 3.63) is 0 Å². The van der Waals surface area contributed by atoms with Gasteiger partial charge in [0.2, 0.25) is 11.8 Å². The van der Waals surface area contributed by atoms with Crippen LogP contribution in [-0.4, -0.2) is 60.6 Å². The van der Waals surface area contributed by atoms with E-state index in [4.69, 9.17) is 9.84 Å². The Hall–Kier alpha value is -1.63. The number of rotatable bonds is 5. The van der Waals surface area contributed by atoms with Crippen LogP contribution in [0.1, 0.15) is 19.3 Å². The average Bonchev–Trinajstić information content (AvgIpc) is 2.77. The molecule has 0 aromatic carbocycles. The van der Waals surface area contributed by atoms with Gasteiger partial charge in [0.15, 0.2) is 6.10 Å². The lowest BCUT2D eigenvalue weighted by atomic mass is 10.2. The lowest BCUT2D eigenvalue weighted by Crippen LogP contribution is -2.37. The summed E-state index contributed by atoms with van der Waals surface area (Å²) in [6, 6.07) is 0. The largest absolute Gasteiger partial charge is 0.479 e. The van der Waals surface area contributed by atoms with Gasteiger partial charge in [-0.25, -0.2) is 4.79 Å². The van der Waals surface area contributed by atoms with Crippen LogP contribution in [0, 0.1) is 0 Å². The van der Waals surface area contributed by atoms with E-state index in [9.17, 15) is 14.4 Å². The number of aliphatic carboxylic acids is 1. The second kappa shape index (κ2) is 6.34. The minimum absolute atomic E-state index is 0.0777. The van der Waals surface area contributed by atoms with Crippen LogP contribution in [0.2, 0.25) is 0 Å². The fourth-order valence-electron chi connectivity index (χ4n) is 1.64. The normalized spacial score (nSPS) is 22.6. The van der Waals surface area contributed by atoms with E-state index < -0.39 is 18.2 Å². The van der Waals surface area contributed by atoms with Crippen molar-refractivity contribution < 1.29 is 24.2 Å². The van der Waals surface area contributed by atoms with Gasteiger partial charge in [-0.2, -0.15) is 0 Å². The molecule has 7 heteroatoms. The van der Waals surface area contributed by atoms with Crippen molar-refractivity contribution in [1.29, 1.82) is 0 Å². The van der Waals surface area contributed by atoms with Gasteiger partial charge in [-0.15, -0.1) is 0 Å².